The minimum Gasteiger partial charge on any atom is -0.479 e. The van der Waals surface area contributed by atoms with Crippen LogP contribution in [0.4, 0.5) is 9.93 Å². The van der Waals surface area contributed by atoms with Crippen molar-refractivity contribution in [1.82, 2.24) is 10.3 Å². The highest BCUT2D eigenvalue weighted by atomic mass is 32.1. The van der Waals surface area contributed by atoms with Gasteiger partial charge in [-0.2, -0.15) is 0 Å². The summed E-state index contributed by atoms with van der Waals surface area (Å²) in [5, 5.41) is 16.6. The number of nitrogens with zero attached hydrogens (tertiary/aromatic N) is 1. The van der Waals surface area contributed by atoms with Gasteiger partial charge in [0.25, 0.3) is 0 Å². The van der Waals surface area contributed by atoms with Gasteiger partial charge in [0.15, 0.2) is 10.7 Å². The largest absolute Gasteiger partial charge is 0.479 e. The van der Waals surface area contributed by atoms with Gasteiger partial charge in [-0.05, 0) is 5.92 Å². The van der Waals surface area contributed by atoms with E-state index in [1.54, 1.807) is 0 Å². The quantitative estimate of drug-likeness (QED) is 0.784. The van der Waals surface area contributed by atoms with Crippen molar-refractivity contribution < 1.29 is 19.4 Å². The Hall–Kier alpha value is -1.67. The first-order valence-electron chi connectivity index (χ1n) is 6.29. The van der Waals surface area contributed by atoms with E-state index < -0.39 is 17.5 Å². The molecule has 1 aromatic rings. The fourth-order valence-electron chi connectivity index (χ4n) is 1.84. The van der Waals surface area contributed by atoms with E-state index in [-0.39, 0.29) is 18.9 Å². The van der Waals surface area contributed by atoms with Crippen LogP contribution in [0, 0.1) is 0 Å². The highest BCUT2D eigenvalue weighted by Gasteiger charge is 2.44. The average molecular weight is 299 g/mol. The van der Waals surface area contributed by atoms with Crippen LogP contribution in [0.5, 0.6) is 0 Å². The molecule has 1 fully saturated rings. The van der Waals surface area contributed by atoms with Gasteiger partial charge in [0, 0.05) is 18.4 Å². The van der Waals surface area contributed by atoms with Crippen LogP contribution in [0.15, 0.2) is 5.38 Å². The van der Waals surface area contributed by atoms with Crippen molar-refractivity contribution in [3.8, 4) is 0 Å². The van der Waals surface area contributed by atoms with Gasteiger partial charge in [0.05, 0.1) is 12.3 Å². The first kappa shape index (κ1) is 14.7. The van der Waals surface area contributed by atoms with Crippen LogP contribution in [0.1, 0.15) is 31.9 Å². The lowest BCUT2D eigenvalue weighted by atomic mass is 9.99. The van der Waals surface area contributed by atoms with Gasteiger partial charge < -0.3 is 15.2 Å². The van der Waals surface area contributed by atoms with Crippen LogP contribution < -0.4 is 10.6 Å². The fraction of sp³-hybridized carbons (Fsp3) is 0.583. The number of aliphatic carboxylic acids is 1. The molecule has 7 nitrogen and oxygen atoms in total. The molecule has 2 amide bonds. The summed E-state index contributed by atoms with van der Waals surface area (Å²) in [4.78, 5) is 27.4. The van der Waals surface area contributed by atoms with Crippen molar-refractivity contribution in [2.75, 3.05) is 18.5 Å². The molecule has 0 aromatic carbocycles. The van der Waals surface area contributed by atoms with Crippen LogP contribution >= 0.6 is 11.3 Å². The van der Waals surface area contributed by atoms with E-state index in [4.69, 9.17) is 4.74 Å². The monoisotopic (exact) mass is 299 g/mol. The summed E-state index contributed by atoms with van der Waals surface area (Å²) >= 11 is 1.31. The number of carbonyl (C=O) groups is 2. The van der Waals surface area contributed by atoms with Crippen molar-refractivity contribution >= 4 is 28.5 Å². The van der Waals surface area contributed by atoms with Gasteiger partial charge in [0.2, 0.25) is 0 Å². The minimum absolute atomic E-state index is 0.0229. The first-order valence-corrected chi connectivity index (χ1v) is 7.17. The molecule has 2 heterocycles. The molecule has 1 unspecified atom stereocenters. The van der Waals surface area contributed by atoms with Crippen molar-refractivity contribution in [3.05, 3.63) is 11.1 Å². The number of amides is 2. The smallest absolute Gasteiger partial charge is 0.332 e. The summed E-state index contributed by atoms with van der Waals surface area (Å²) < 4.78 is 5.07. The molecule has 0 radical (unpaired) electrons. The molecule has 0 bridgehead atoms. The zero-order valence-electron chi connectivity index (χ0n) is 11.3. The SMILES string of the molecule is CC(C)c1csc(NC(=O)NC2(C(=O)O)CCOC2)n1. The van der Waals surface area contributed by atoms with Gasteiger partial charge in [-0.1, -0.05) is 13.8 Å². The number of carboxylic acids is 1. The number of anilines is 1. The number of nitrogens with one attached hydrogen (secondary N) is 2. The molecule has 1 aromatic heterocycles. The Morgan fingerprint density at radius 3 is 2.80 bits per heavy atom. The number of rotatable bonds is 4. The van der Waals surface area contributed by atoms with E-state index >= 15 is 0 Å². The van der Waals surface area contributed by atoms with Gasteiger partial charge in [0.1, 0.15) is 0 Å². The molecule has 0 spiro atoms. The summed E-state index contributed by atoms with van der Waals surface area (Å²) in [5.41, 5.74) is -0.454. The summed E-state index contributed by atoms with van der Waals surface area (Å²) in [6.07, 6.45) is 0.255. The Kier molecular flexibility index (Phi) is 4.24. The standard InChI is InChI=1S/C12H17N3O4S/c1-7(2)8-5-20-11(13-8)14-10(18)15-12(9(16)17)3-4-19-6-12/h5,7H,3-4,6H2,1-2H3,(H,16,17)(H2,13,14,15,18). The number of carboxylic acid groups (broad SMARTS) is 1. The number of hydrogen-bond acceptors (Lipinski definition) is 5. The summed E-state index contributed by atoms with van der Waals surface area (Å²) in [7, 11) is 0. The van der Waals surface area contributed by atoms with Crippen LogP contribution in [-0.2, 0) is 9.53 Å². The Morgan fingerprint density at radius 2 is 2.30 bits per heavy atom. The number of urea groups is 1. The lowest BCUT2D eigenvalue weighted by Crippen LogP contribution is -2.56. The number of ether oxygens (including phenoxy) is 1. The first-order chi connectivity index (χ1) is 9.43. The van der Waals surface area contributed by atoms with E-state index in [1.807, 2.05) is 19.2 Å². The van der Waals surface area contributed by atoms with Gasteiger partial charge in [-0.3, -0.25) is 5.32 Å². The molecular weight excluding hydrogens is 282 g/mol. The molecule has 1 saturated heterocycles. The topological polar surface area (TPSA) is 101 Å². The molecule has 2 rings (SSSR count). The molecule has 1 aliphatic heterocycles. The van der Waals surface area contributed by atoms with Gasteiger partial charge in [-0.25, -0.2) is 14.6 Å². The number of carbonyl (C=O) groups excluding carboxylic acids is 1. The third-order valence-corrected chi connectivity index (χ3v) is 3.89. The van der Waals surface area contributed by atoms with Crippen LogP contribution in [0.25, 0.3) is 0 Å². The molecule has 8 heteroatoms. The third-order valence-electron chi connectivity index (χ3n) is 3.12. The summed E-state index contributed by atoms with van der Waals surface area (Å²) in [6, 6.07) is -0.581. The molecule has 3 N–H and O–H groups in total. The Labute approximate surface area is 120 Å². The van der Waals surface area contributed by atoms with Crippen LogP contribution in [0.2, 0.25) is 0 Å². The second-order valence-corrected chi connectivity index (χ2v) is 5.86. The number of aromatic nitrogens is 1. The summed E-state index contributed by atoms with van der Waals surface area (Å²) in [6.45, 7) is 4.31. The van der Waals surface area contributed by atoms with Crippen LogP contribution in [0.3, 0.4) is 0 Å². The van der Waals surface area contributed by atoms with Crippen molar-refractivity contribution in [3.63, 3.8) is 0 Å². The van der Waals surface area contributed by atoms with Gasteiger partial charge >= 0.3 is 12.0 Å². The molecule has 1 aliphatic rings. The van der Waals surface area contributed by atoms with Crippen molar-refractivity contribution in [1.29, 1.82) is 0 Å². The van der Waals surface area contributed by atoms with Crippen molar-refractivity contribution in [2.45, 2.75) is 31.7 Å². The zero-order valence-corrected chi connectivity index (χ0v) is 12.1. The molecule has 110 valence electrons. The highest BCUT2D eigenvalue weighted by molar-refractivity contribution is 7.13. The van der Waals surface area contributed by atoms with E-state index in [9.17, 15) is 14.7 Å². The Bertz CT molecular complexity index is 509. The van der Waals surface area contributed by atoms with E-state index in [0.717, 1.165) is 5.69 Å². The highest BCUT2D eigenvalue weighted by Crippen LogP contribution is 2.22. The zero-order chi connectivity index (χ0) is 14.8. The predicted molar refractivity (Wildman–Crippen MR) is 74.2 cm³/mol. The lowest BCUT2D eigenvalue weighted by molar-refractivity contribution is -0.144. The molecule has 20 heavy (non-hydrogen) atoms. The fourth-order valence-corrected chi connectivity index (χ4v) is 2.71. The second kappa shape index (κ2) is 5.76. The van der Waals surface area contributed by atoms with E-state index in [2.05, 4.69) is 15.6 Å². The molecule has 1 atom stereocenters. The number of thiazole rings is 1. The normalized spacial score (nSPS) is 21.9. The maximum Gasteiger partial charge on any atom is 0.332 e. The second-order valence-electron chi connectivity index (χ2n) is 5.00. The van der Waals surface area contributed by atoms with E-state index in [0.29, 0.717) is 11.7 Å². The van der Waals surface area contributed by atoms with Crippen LogP contribution in [-0.4, -0.2) is 40.8 Å². The third kappa shape index (κ3) is 3.07. The molecule has 0 aliphatic carbocycles. The maximum atomic E-state index is 11.9. The number of hydrogen-bond donors (Lipinski definition) is 3. The predicted octanol–water partition coefficient (Wildman–Crippen LogP) is 1.63. The maximum absolute atomic E-state index is 11.9. The molecular formula is C12H17N3O4S. The Balaban J connectivity index is 1.99. The Morgan fingerprint density at radius 1 is 1.55 bits per heavy atom. The van der Waals surface area contributed by atoms with Gasteiger partial charge in [-0.15, -0.1) is 11.3 Å². The minimum atomic E-state index is -1.35. The summed E-state index contributed by atoms with van der Waals surface area (Å²) in [5.74, 6) is -0.814. The average Bonchev–Trinajstić information content (AvgIpc) is 2.98. The van der Waals surface area contributed by atoms with Crippen molar-refractivity contribution in [2.24, 2.45) is 0 Å². The van der Waals surface area contributed by atoms with E-state index in [1.165, 1.54) is 11.3 Å². The lowest BCUT2D eigenvalue weighted by Gasteiger charge is -2.23. The molecule has 0 saturated carbocycles.